The zero-order valence-electron chi connectivity index (χ0n) is 11.6. The van der Waals surface area contributed by atoms with Crippen LogP contribution in [0.2, 0.25) is 0 Å². The summed E-state index contributed by atoms with van der Waals surface area (Å²) in [5.41, 5.74) is 7.91. The number of rotatable bonds is 2. The fraction of sp³-hybridized carbons (Fsp3) is 0.222. The van der Waals surface area contributed by atoms with E-state index in [2.05, 4.69) is 76.2 Å². The third-order valence-corrected chi connectivity index (χ3v) is 3.45. The highest BCUT2D eigenvalue weighted by atomic mass is 14.1. The third kappa shape index (κ3) is 2.70. The molecule has 0 spiro atoms. The van der Waals surface area contributed by atoms with Gasteiger partial charge < -0.3 is 0 Å². The number of aryl methyl sites for hydroxylation is 1. The maximum atomic E-state index is 2.21. The summed E-state index contributed by atoms with van der Waals surface area (Å²) in [5.74, 6) is 0. The zero-order valence-corrected chi connectivity index (χ0v) is 11.6. The molecule has 0 N–H and O–H groups in total. The van der Waals surface area contributed by atoms with Crippen LogP contribution in [0.15, 0.2) is 54.1 Å². The fourth-order valence-corrected chi connectivity index (χ4v) is 1.95. The van der Waals surface area contributed by atoms with Crippen LogP contribution in [0.4, 0.5) is 0 Å². The van der Waals surface area contributed by atoms with E-state index in [0.29, 0.717) is 0 Å². The number of benzene rings is 2. The summed E-state index contributed by atoms with van der Waals surface area (Å²) in [7, 11) is 0. The Labute approximate surface area is 110 Å². The number of hydrogen-bond acceptors (Lipinski definition) is 0. The first-order chi connectivity index (χ1) is 8.58. The van der Waals surface area contributed by atoms with Crippen molar-refractivity contribution in [1.29, 1.82) is 0 Å². The van der Waals surface area contributed by atoms with Crippen LogP contribution in [0, 0.1) is 6.92 Å². The largest absolute Gasteiger partial charge is 0.0729 e. The van der Waals surface area contributed by atoms with Crippen molar-refractivity contribution in [3.63, 3.8) is 0 Å². The Hall–Kier alpha value is -1.82. The quantitative estimate of drug-likeness (QED) is 0.648. The topological polar surface area (TPSA) is 0 Å². The Morgan fingerprint density at radius 2 is 1.11 bits per heavy atom. The standard InChI is InChI=1S/C18H20/c1-13(2)15(4)16-9-11-18(12-10-16)17-7-5-14(3)6-8-17/h5-12H,1-4H3. The molecule has 0 fully saturated rings. The molecule has 92 valence electrons. The van der Waals surface area contributed by atoms with E-state index in [9.17, 15) is 0 Å². The molecule has 0 atom stereocenters. The molecule has 0 bridgehead atoms. The lowest BCUT2D eigenvalue weighted by atomic mass is 9.98. The van der Waals surface area contributed by atoms with Crippen LogP contribution in [0.3, 0.4) is 0 Å². The van der Waals surface area contributed by atoms with Gasteiger partial charge in [0, 0.05) is 0 Å². The van der Waals surface area contributed by atoms with Crippen LogP contribution in [-0.2, 0) is 0 Å². The fourth-order valence-electron chi connectivity index (χ4n) is 1.95. The van der Waals surface area contributed by atoms with Gasteiger partial charge in [0.1, 0.15) is 0 Å². The van der Waals surface area contributed by atoms with E-state index in [1.54, 1.807) is 0 Å². The van der Waals surface area contributed by atoms with Gasteiger partial charge in [0.2, 0.25) is 0 Å². The smallest absolute Gasteiger partial charge is 0.0184 e. The van der Waals surface area contributed by atoms with Gasteiger partial charge in [0.25, 0.3) is 0 Å². The molecule has 0 radical (unpaired) electrons. The van der Waals surface area contributed by atoms with Gasteiger partial charge in [-0.05, 0) is 50.0 Å². The molecule has 0 aliphatic carbocycles. The summed E-state index contributed by atoms with van der Waals surface area (Å²) in [4.78, 5) is 0. The maximum Gasteiger partial charge on any atom is -0.0184 e. The van der Waals surface area contributed by atoms with E-state index in [1.807, 2.05) is 0 Å². The first-order valence-corrected chi connectivity index (χ1v) is 6.39. The van der Waals surface area contributed by atoms with Crippen LogP contribution in [0.1, 0.15) is 31.9 Å². The molecule has 0 saturated carbocycles. The third-order valence-electron chi connectivity index (χ3n) is 3.45. The average Bonchev–Trinajstić information content (AvgIpc) is 2.39. The van der Waals surface area contributed by atoms with E-state index in [0.717, 1.165) is 0 Å². The molecule has 0 unspecified atom stereocenters. The SMILES string of the molecule is CC(C)=C(C)c1ccc(-c2ccc(C)cc2)cc1. The lowest BCUT2D eigenvalue weighted by molar-refractivity contribution is 1.36. The number of hydrogen-bond donors (Lipinski definition) is 0. The molecule has 0 nitrogen and oxygen atoms in total. The Morgan fingerprint density at radius 1 is 0.667 bits per heavy atom. The van der Waals surface area contributed by atoms with Gasteiger partial charge in [-0.3, -0.25) is 0 Å². The summed E-state index contributed by atoms with van der Waals surface area (Å²) >= 11 is 0. The van der Waals surface area contributed by atoms with Crippen molar-refractivity contribution in [2.24, 2.45) is 0 Å². The van der Waals surface area contributed by atoms with E-state index in [-0.39, 0.29) is 0 Å². The second-order valence-corrected chi connectivity index (χ2v) is 5.07. The molecule has 0 heterocycles. The lowest BCUT2D eigenvalue weighted by Gasteiger charge is -2.07. The molecule has 0 aliphatic rings. The molecule has 0 saturated heterocycles. The Morgan fingerprint density at radius 3 is 1.56 bits per heavy atom. The summed E-state index contributed by atoms with van der Waals surface area (Å²) in [6.45, 7) is 8.60. The second kappa shape index (κ2) is 5.22. The molecule has 0 aromatic heterocycles. The Kier molecular flexibility index (Phi) is 3.66. The van der Waals surface area contributed by atoms with E-state index in [1.165, 1.54) is 33.4 Å². The monoisotopic (exact) mass is 236 g/mol. The van der Waals surface area contributed by atoms with Gasteiger partial charge in [-0.1, -0.05) is 59.7 Å². The molecule has 0 aliphatic heterocycles. The van der Waals surface area contributed by atoms with Crippen LogP contribution in [0.5, 0.6) is 0 Å². The Balaban J connectivity index is 2.33. The number of allylic oxidation sites excluding steroid dienone is 2. The summed E-state index contributed by atoms with van der Waals surface area (Å²) in [5, 5.41) is 0. The van der Waals surface area contributed by atoms with Gasteiger partial charge in [-0.25, -0.2) is 0 Å². The Bertz CT molecular complexity index is 550. The first kappa shape index (κ1) is 12.6. The second-order valence-electron chi connectivity index (χ2n) is 5.07. The highest BCUT2D eigenvalue weighted by Gasteiger charge is 2.00. The van der Waals surface area contributed by atoms with Crippen molar-refractivity contribution in [2.75, 3.05) is 0 Å². The molecule has 0 amide bonds. The first-order valence-electron chi connectivity index (χ1n) is 6.39. The highest BCUT2D eigenvalue weighted by molar-refractivity contribution is 5.70. The minimum absolute atomic E-state index is 1.28. The van der Waals surface area contributed by atoms with Gasteiger partial charge in [-0.15, -0.1) is 0 Å². The van der Waals surface area contributed by atoms with E-state index < -0.39 is 0 Å². The van der Waals surface area contributed by atoms with E-state index in [4.69, 9.17) is 0 Å². The normalized spacial score (nSPS) is 10.2. The zero-order chi connectivity index (χ0) is 13.1. The summed E-state index contributed by atoms with van der Waals surface area (Å²) in [6, 6.07) is 17.5. The average molecular weight is 236 g/mol. The van der Waals surface area contributed by atoms with Crippen LogP contribution in [0.25, 0.3) is 16.7 Å². The van der Waals surface area contributed by atoms with Gasteiger partial charge in [0.05, 0.1) is 0 Å². The minimum Gasteiger partial charge on any atom is -0.0729 e. The van der Waals surface area contributed by atoms with Crippen molar-refractivity contribution < 1.29 is 0 Å². The van der Waals surface area contributed by atoms with Gasteiger partial charge in [0.15, 0.2) is 0 Å². The molecule has 2 rings (SSSR count). The highest BCUT2D eigenvalue weighted by Crippen LogP contribution is 2.24. The van der Waals surface area contributed by atoms with Crippen molar-refractivity contribution >= 4 is 5.57 Å². The van der Waals surface area contributed by atoms with E-state index >= 15 is 0 Å². The van der Waals surface area contributed by atoms with Crippen molar-refractivity contribution in [1.82, 2.24) is 0 Å². The maximum absolute atomic E-state index is 2.21. The molecule has 2 aromatic rings. The predicted octanol–water partition coefficient (Wildman–Crippen LogP) is 5.48. The van der Waals surface area contributed by atoms with Crippen molar-refractivity contribution in [2.45, 2.75) is 27.7 Å². The van der Waals surface area contributed by atoms with Crippen molar-refractivity contribution in [3.8, 4) is 11.1 Å². The molecule has 18 heavy (non-hydrogen) atoms. The van der Waals surface area contributed by atoms with Gasteiger partial charge >= 0.3 is 0 Å². The summed E-state index contributed by atoms with van der Waals surface area (Å²) < 4.78 is 0. The molecule has 2 aromatic carbocycles. The predicted molar refractivity (Wildman–Crippen MR) is 80.6 cm³/mol. The van der Waals surface area contributed by atoms with Gasteiger partial charge in [-0.2, -0.15) is 0 Å². The van der Waals surface area contributed by atoms with Crippen molar-refractivity contribution in [3.05, 3.63) is 65.2 Å². The minimum atomic E-state index is 1.28. The van der Waals surface area contributed by atoms with Crippen LogP contribution in [-0.4, -0.2) is 0 Å². The van der Waals surface area contributed by atoms with Crippen LogP contribution < -0.4 is 0 Å². The molecule has 0 heteroatoms. The summed E-state index contributed by atoms with van der Waals surface area (Å²) in [6.07, 6.45) is 0. The molecular formula is C18H20. The van der Waals surface area contributed by atoms with Crippen LogP contribution >= 0.6 is 0 Å². The molecular weight excluding hydrogens is 216 g/mol. The lowest BCUT2D eigenvalue weighted by Crippen LogP contribution is -1.84.